The number of hydrogen-bond acceptors (Lipinski definition) is 4. The minimum atomic E-state index is -0.982. The Hall–Kier alpha value is -1.75. The summed E-state index contributed by atoms with van der Waals surface area (Å²) in [6.45, 7) is 1.39. The van der Waals surface area contributed by atoms with Crippen LogP contribution in [0, 0.1) is 0 Å². The number of carboxylic acid groups (broad SMARTS) is 1. The van der Waals surface area contributed by atoms with Crippen LogP contribution in [0.3, 0.4) is 0 Å². The summed E-state index contributed by atoms with van der Waals surface area (Å²) in [6, 6.07) is 3.58. The summed E-state index contributed by atoms with van der Waals surface area (Å²) in [5.74, 6) is -0.686. The highest BCUT2D eigenvalue weighted by Crippen LogP contribution is 2.42. The third-order valence-electron chi connectivity index (χ3n) is 3.57. The van der Waals surface area contributed by atoms with Crippen LogP contribution in [0.4, 0.5) is 11.4 Å². The molecule has 0 aliphatic carbocycles. The SMILES string of the molecule is Nc1ccc2c(c1C(=O)O)NCC1OCCC21. The normalized spacial score (nSPS) is 25.9. The number of fused-ring (bicyclic) bond motifs is 3. The van der Waals surface area contributed by atoms with Crippen molar-refractivity contribution in [3.8, 4) is 0 Å². The van der Waals surface area contributed by atoms with Crippen molar-refractivity contribution < 1.29 is 14.6 Å². The van der Waals surface area contributed by atoms with Gasteiger partial charge in [0.25, 0.3) is 0 Å². The van der Waals surface area contributed by atoms with E-state index in [4.69, 9.17) is 10.5 Å². The van der Waals surface area contributed by atoms with Gasteiger partial charge in [-0.05, 0) is 18.1 Å². The molecule has 2 aliphatic rings. The summed E-state index contributed by atoms with van der Waals surface area (Å²) in [6.07, 6.45) is 1.11. The third-order valence-corrected chi connectivity index (χ3v) is 3.57. The van der Waals surface area contributed by atoms with Crippen molar-refractivity contribution in [3.63, 3.8) is 0 Å². The quantitative estimate of drug-likeness (QED) is 0.637. The van der Waals surface area contributed by atoms with E-state index in [0.29, 0.717) is 23.8 Å². The summed E-state index contributed by atoms with van der Waals surface area (Å²) in [7, 11) is 0. The van der Waals surface area contributed by atoms with Crippen LogP contribution in [-0.4, -0.2) is 30.3 Å². The Kier molecular flexibility index (Phi) is 2.22. The van der Waals surface area contributed by atoms with E-state index in [1.54, 1.807) is 6.07 Å². The number of nitrogens with one attached hydrogen (secondary N) is 1. The Balaban J connectivity index is 2.15. The molecule has 0 amide bonds. The molecule has 5 nitrogen and oxygen atoms in total. The van der Waals surface area contributed by atoms with Crippen molar-refractivity contribution in [2.45, 2.75) is 18.4 Å². The topological polar surface area (TPSA) is 84.6 Å². The Morgan fingerprint density at radius 2 is 2.35 bits per heavy atom. The van der Waals surface area contributed by atoms with Crippen LogP contribution in [0.2, 0.25) is 0 Å². The second-order valence-corrected chi connectivity index (χ2v) is 4.48. The van der Waals surface area contributed by atoms with Gasteiger partial charge in [0, 0.05) is 24.8 Å². The van der Waals surface area contributed by atoms with Crippen molar-refractivity contribution in [2.24, 2.45) is 0 Å². The molecular formula is C12H14N2O3. The van der Waals surface area contributed by atoms with Gasteiger partial charge in [-0.25, -0.2) is 4.79 Å². The molecule has 0 saturated carbocycles. The lowest BCUT2D eigenvalue weighted by molar-refractivity contribution is 0.0698. The summed E-state index contributed by atoms with van der Waals surface area (Å²) in [5.41, 5.74) is 7.91. The molecule has 2 aliphatic heterocycles. The summed E-state index contributed by atoms with van der Waals surface area (Å²) in [5, 5.41) is 12.3. The highest BCUT2D eigenvalue weighted by atomic mass is 16.5. The minimum Gasteiger partial charge on any atom is -0.478 e. The predicted molar refractivity (Wildman–Crippen MR) is 63.4 cm³/mol. The van der Waals surface area contributed by atoms with Crippen LogP contribution in [-0.2, 0) is 4.74 Å². The molecule has 0 spiro atoms. The maximum Gasteiger partial charge on any atom is 0.339 e. The number of aromatic carboxylic acids is 1. The first kappa shape index (κ1) is 10.4. The number of benzene rings is 1. The Labute approximate surface area is 98.6 Å². The number of nitrogens with two attached hydrogens (primary N) is 1. The molecule has 0 bridgehead atoms. The van der Waals surface area contributed by atoms with Crippen molar-refractivity contribution in [2.75, 3.05) is 24.2 Å². The van der Waals surface area contributed by atoms with E-state index in [0.717, 1.165) is 18.6 Å². The lowest BCUT2D eigenvalue weighted by atomic mass is 9.86. The monoisotopic (exact) mass is 234 g/mol. The average Bonchev–Trinajstić information content (AvgIpc) is 2.75. The van der Waals surface area contributed by atoms with E-state index in [2.05, 4.69) is 5.32 Å². The van der Waals surface area contributed by atoms with Crippen molar-refractivity contribution >= 4 is 17.3 Å². The molecule has 1 fully saturated rings. The van der Waals surface area contributed by atoms with Gasteiger partial charge in [0.05, 0.1) is 11.8 Å². The van der Waals surface area contributed by atoms with E-state index in [1.165, 1.54) is 0 Å². The smallest absolute Gasteiger partial charge is 0.339 e. The molecule has 0 radical (unpaired) electrons. The second kappa shape index (κ2) is 3.63. The van der Waals surface area contributed by atoms with E-state index < -0.39 is 5.97 Å². The largest absolute Gasteiger partial charge is 0.478 e. The molecule has 2 heterocycles. The van der Waals surface area contributed by atoms with E-state index in [9.17, 15) is 9.90 Å². The first-order chi connectivity index (χ1) is 8.18. The second-order valence-electron chi connectivity index (χ2n) is 4.48. The van der Waals surface area contributed by atoms with E-state index in [-0.39, 0.29) is 11.7 Å². The van der Waals surface area contributed by atoms with Gasteiger partial charge in [0.1, 0.15) is 5.56 Å². The number of anilines is 2. The summed E-state index contributed by atoms with van der Waals surface area (Å²) >= 11 is 0. The molecular weight excluding hydrogens is 220 g/mol. The van der Waals surface area contributed by atoms with Gasteiger partial charge in [-0.3, -0.25) is 0 Å². The summed E-state index contributed by atoms with van der Waals surface area (Å²) in [4.78, 5) is 11.2. The zero-order chi connectivity index (χ0) is 12.0. The van der Waals surface area contributed by atoms with Gasteiger partial charge in [0.15, 0.2) is 0 Å². The molecule has 2 atom stereocenters. The van der Waals surface area contributed by atoms with E-state index >= 15 is 0 Å². The summed E-state index contributed by atoms with van der Waals surface area (Å²) < 4.78 is 5.60. The van der Waals surface area contributed by atoms with Crippen LogP contribution in [0.5, 0.6) is 0 Å². The van der Waals surface area contributed by atoms with Crippen molar-refractivity contribution in [3.05, 3.63) is 23.3 Å². The van der Waals surface area contributed by atoms with Crippen LogP contribution in [0.25, 0.3) is 0 Å². The minimum absolute atomic E-state index is 0.160. The number of hydrogen-bond donors (Lipinski definition) is 3. The van der Waals surface area contributed by atoms with Crippen LogP contribution in [0.15, 0.2) is 12.1 Å². The van der Waals surface area contributed by atoms with Crippen molar-refractivity contribution in [1.82, 2.24) is 0 Å². The Morgan fingerprint density at radius 3 is 3.12 bits per heavy atom. The zero-order valence-corrected chi connectivity index (χ0v) is 9.27. The van der Waals surface area contributed by atoms with Gasteiger partial charge in [-0.2, -0.15) is 0 Å². The molecule has 3 rings (SSSR count). The van der Waals surface area contributed by atoms with E-state index in [1.807, 2.05) is 6.07 Å². The third kappa shape index (κ3) is 1.46. The number of ether oxygens (including phenoxy) is 1. The molecule has 17 heavy (non-hydrogen) atoms. The first-order valence-corrected chi connectivity index (χ1v) is 5.69. The maximum absolute atomic E-state index is 11.2. The number of carbonyl (C=O) groups is 1. The fourth-order valence-corrected chi connectivity index (χ4v) is 2.77. The standard InChI is InChI=1S/C12H14N2O3/c13-8-2-1-7-6-3-4-17-9(6)5-14-11(7)10(8)12(15)16/h1-2,6,9,14H,3-5,13H2,(H,15,16). The molecule has 2 unspecified atom stereocenters. The first-order valence-electron chi connectivity index (χ1n) is 5.69. The molecule has 5 heteroatoms. The van der Waals surface area contributed by atoms with Gasteiger partial charge >= 0.3 is 5.97 Å². The van der Waals surface area contributed by atoms with Crippen LogP contribution >= 0.6 is 0 Å². The molecule has 90 valence electrons. The number of carboxylic acids is 1. The lowest BCUT2D eigenvalue weighted by Gasteiger charge is -2.29. The highest BCUT2D eigenvalue weighted by molar-refractivity contribution is 6.01. The van der Waals surface area contributed by atoms with Gasteiger partial charge in [-0.15, -0.1) is 0 Å². The Morgan fingerprint density at radius 1 is 1.53 bits per heavy atom. The number of nitrogen functional groups attached to an aromatic ring is 1. The van der Waals surface area contributed by atoms with Gasteiger partial charge in [-0.1, -0.05) is 6.07 Å². The van der Waals surface area contributed by atoms with Gasteiger partial charge < -0.3 is 20.9 Å². The fraction of sp³-hybridized carbons (Fsp3) is 0.417. The highest BCUT2D eigenvalue weighted by Gasteiger charge is 2.36. The zero-order valence-electron chi connectivity index (χ0n) is 9.27. The van der Waals surface area contributed by atoms with Crippen LogP contribution in [0.1, 0.15) is 28.3 Å². The average molecular weight is 234 g/mol. The predicted octanol–water partition coefficient (Wildman–Crippen LogP) is 1.26. The molecule has 0 aromatic heterocycles. The lowest BCUT2D eigenvalue weighted by Crippen LogP contribution is -2.31. The Bertz CT molecular complexity index is 487. The van der Waals surface area contributed by atoms with Crippen molar-refractivity contribution in [1.29, 1.82) is 0 Å². The van der Waals surface area contributed by atoms with Gasteiger partial charge in [0.2, 0.25) is 0 Å². The molecule has 1 saturated heterocycles. The van der Waals surface area contributed by atoms with Crippen LogP contribution < -0.4 is 11.1 Å². The molecule has 1 aromatic carbocycles. The maximum atomic E-state index is 11.2. The molecule has 4 N–H and O–H groups in total. The molecule has 1 aromatic rings. The number of rotatable bonds is 1. The fourth-order valence-electron chi connectivity index (χ4n) is 2.77.